The number of aliphatic hydroxyl groups is 1. The molecule has 0 aromatic rings. The molecule has 2 aliphatic rings. The first-order valence-corrected chi connectivity index (χ1v) is 4.74. The summed E-state index contributed by atoms with van der Waals surface area (Å²) in [6, 6.07) is 0. The van der Waals surface area contributed by atoms with Crippen molar-refractivity contribution >= 4 is 0 Å². The third kappa shape index (κ3) is 1.42. The van der Waals surface area contributed by atoms with Gasteiger partial charge in [0.15, 0.2) is 0 Å². The molecule has 2 fully saturated rings. The molecule has 1 spiro atoms. The van der Waals surface area contributed by atoms with E-state index in [2.05, 4.69) is 5.32 Å². The summed E-state index contributed by atoms with van der Waals surface area (Å²) >= 11 is 0. The quantitative estimate of drug-likeness (QED) is 0.548. The van der Waals surface area contributed by atoms with Gasteiger partial charge in [-0.1, -0.05) is 19.3 Å². The zero-order chi connectivity index (χ0) is 7.73. The Balaban J connectivity index is 1.98. The smallest absolute Gasteiger partial charge is 0.0682 e. The predicted molar refractivity (Wildman–Crippen MR) is 44.4 cm³/mol. The molecular formula is C9H17NO. The van der Waals surface area contributed by atoms with Gasteiger partial charge in [0.05, 0.1) is 6.10 Å². The van der Waals surface area contributed by atoms with Crippen molar-refractivity contribution in [2.24, 2.45) is 0 Å². The summed E-state index contributed by atoms with van der Waals surface area (Å²) in [6.45, 7) is 0.819. The molecular weight excluding hydrogens is 138 g/mol. The Morgan fingerprint density at radius 3 is 2.45 bits per heavy atom. The molecule has 2 nitrogen and oxygen atoms in total. The first-order chi connectivity index (χ1) is 5.31. The minimum absolute atomic E-state index is 0.0758. The van der Waals surface area contributed by atoms with E-state index in [0.717, 1.165) is 13.0 Å². The molecule has 2 rings (SSSR count). The number of nitrogens with one attached hydrogen (secondary N) is 1. The summed E-state index contributed by atoms with van der Waals surface area (Å²) in [5, 5.41) is 12.9. The van der Waals surface area contributed by atoms with Crippen LogP contribution in [0.15, 0.2) is 0 Å². The Labute approximate surface area is 68.0 Å². The lowest BCUT2D eigenvalue weighted by Gasteiger charge is -2.33. The molecule has 0 aromatic carbocycles. The molecule has 0 amide bonds. The average molecular weight is 155 g/mol. The van der Waals surface area contributed by atoms with E-state index in [1.165, 1.54) is 32.1 Å². The standard InChI is InChI=1S/C9H17NO/c11-8-6-9(10-7-8)4-2-1-3-5-9/h8,10-11H,1-7H2. The van der Waals surface area contributed by atoms with Gasteiger partial charge in [0.25, 0.3) is 0 Å². The summed E-state index contributed by atoms with van der Waals surface area (Å²) in [4.78, 5) is 0. The van der Waals surface area contributed by atoms with Gasteiger partial charge in [-0.3, -0.25) is 0 Å². The number of hydrogen-bond donors (Lipinski definition) is 2. The maximum absolute atomic E-state index is 9.38. The first-order valence-electron chi connectivity index (χ1n) is 4.74. The van der Waals surface area contributed by atoms with Crippen LogP contribution in [0.4, 0.5) is 0 Å². The van der Waals surface area contributed by atoms with Crippen LogP contribution in [0.3, 0.4) is 0 Å². The van der Waals surface area contributed by atoms with E-state index >= 15 is 0 Å². The molecule has 1 atom stereocenters. The minimum Gasteiger partial charge on any atom is -0.392 e. The fourth-order valence-corrected chi connectivity index (χ4v) is 2.54. The second-order valence-electron chi connectivity index (χ2n) is 4.08. The highest BCUT2D eigenvalue weighted by atomic mass is 16.3. The molecule has 1 saturated carbocycles. The van der Waals surface area contributed by atoms with Crippen LogP contribution in [0.1, 0.15) is 38.5 Å². The van der Waals surface area contributed by atoms with Crippen molar-refractivity contribution in [2.75, 3.05) is 6.54 Å². The number of β-amino-alcohol motifs (C(OH)–C–C–N with tert-alkyl or cyclic N) is 1. The van der Waals surface area contributed by atoms with Crippen LogP contribution in [0, 0.1) is 0 Å². The SMILES string of the molecule is OC1CNC2(CCCCC2)C1. The summed E-state index contributed by atoms with van der Waals surface area (Å²) in [5.41, 5.74) is 0.345. The first kappa shape index (κ1) is 7.56. The molecule has 1 aliphatic carbocycles. The summed E-state index contributed by atoms with van der Waals surface area (Å²) in [6.07, 6.45) is 7.56. The van der Waals surface area contributed by atoms with Gasteiger partial charge in [0.1, 0.15) is 0 Å². The van der Waals surface area contributed by atoms with Crippen LogP contribution in [-0.2, 0) is 0 Å². The lowest BCUT2D eigenvalue weighted by molar-refractivity contribution is 0.172. The van der Waals surface area contributed by atoms with E-state index in [1.54, 1.807) is 0 Å². The fourth-order valence-electron chi connectivity index (χ4n) is 2.54. The number of aliphatic hydroxyl groups excluding tert-OH is 1. The van der Waals surface area contributed by atoms with Crippen molar-refractivity contribution in [3.8, 4) is 0 Å². The van der Waals surface area contributed by atoms with Crippen LogP contribution >= 0.6 is 0 Å². The van der Waals surface area contributed by atoms with Crippen LogP contribution in [0.5, 0.6) is 0 Å². The molecule has 0 aromatic heterocycles. The van der Waals surface area contributed by atoms with Crippen LogP contribution in [-0.4, -0.2) is 23.3 Å². The molecule has 0 radical (unpaired) electrons. The lowest BCUT2D eigenvalue weighted by atomic mass is 9.80. The zero-order valence-corrected chi connectivity index (χ0v) is 6.97. The molecule has 0 bridgehead atoms. The topological polar surface area (TPSA) is 32.3 Å². The van der Waals surface area contributed by atoms with Gasteiger partial charge in [-0.2, -0.15) is 0 Å². The van der Waals surface area contributed by atoms with E-state index in [4.69, 9.17) is 0 Å². The fraction of sp³-hybridized carbons (Fsp3) is 1.00. The van der Waals surface area contributed by atoms with Gasteiger partial charge in [0, 0.05) is 12.1 Å². The van der Waals surface area contributed by atoms with E-state index in [0.29, 0.717) is 5.54 Å². The number of rotatable bonds is 0. The third-order valence-corrected chi connectivity index (χ3v) is 3.15. The summed E-state index contributed by atoms with van der Waals surface area (Å²) in [5.74, 6) is 0. The predicted octanol–water partition coefficient (Wildman–Crippen LogP) is 1.04. The van der Waals surface area contributed by atoms with E-state index in [-0.39, 0.29) is 6.10 Å². The van der Waals surface area contributed by atoms with Gasteiger partial charge < -0.3 is 10.4 Å². The molecule has 2 heteroatoms. The Kier molecular flexibility index (Phi) is 1.90. The molecule has 1 saturated heterocycles. The van der Waals surface area contributed by atoms with Crippen molar-refractivity contribution < 1.29 is 5.11 Å². The zero-order valence-electron chi connectivity index (χ0n) is 6.97. The van der Waals surface area contributed by atoms with Crippen LogP contribution in [0.25, 0.3) is 0 Å². The highest BCUT2D eigenvalue weighted by molar-refractivity contribution is 4.98. The van der Waals surface area contributed by atoms with Crippen LogP contribution < -0.4 is 5.32 Å². The van der Waals surface area contributed by atoms with Crippen molar-refractivity contribution in [3.63, 3.8) is 0 Å². The normalized spacial score (nSPS) is 36.3. The summed E-state index contributed by atoms with van der Waals surface area (Å²) in [7, 11) is 0. The van der Waals surface area contributed by atoms with Crippen molar-refractivity contribution in [1.29, 1.82) is 0 Å². The highest BCUT2D eigenvalue weighted by Gasteiger charge is 2.38. The number of hydrogen-bond acceptors (Lipinski definition) is 2. The van der Waals surface area contributed by atoms with Gasteiger partial charge >= 0.3 is 0 Å². The van der Waals surface area contributed by atoms with Crippen molar-refractivity contribution in [1.82, 2.24) is 5.32 Å². The maximum atomic E-state index is 9.38. The van der Waals surface area contributed by atoms with E-state index in [9.17, 15) is 5.11 Å². The van der Waals surface area contributed by atoms with Gasteiger partial charge in [-0.15, -0.1) is 0 Å². The minimum atomic E-state index is -0.0758. The van der Waals surface area contributed by atoms with Crippen molar-refractivity contribution in [3.05, 3.63) is 0 Å². The molecule has 2 N–H and O–H groups in total. The average Bonchev–Trinajstić information content (AvgIpc) is 2.34. The monoisotopic (exact) mass is 155 g/mol. The molecule has 1 heterocycles. The Morgan fingerprint density at radius 1 is 1.18 bits per heavy atom. The largest absolute Gasteiger partial charge is 0.392 e. The Hall–Kier alpha value is -0.0800. The second-order valence-corrected chi connectivity index (χ2v) is 4.08. The third-order valence-electron chi connectivity index (χ3n) is 3.15. The molecule has 1 unspecified atom stereocenters. The lowest BCUT2D eigenvalue weighted by Crippen LogP contribution is -2.41. The maximum Gasteiger partial charge on any atom is 0.0682 e. The highest BCUT2D eigenvalue weighted by Crippen LogP contribution is 2.34. The van der Waals surface area contributed by atoms with Gasteiger partial charge in [-0.25, -0.2) is 0 Å². The second kappa shape index (κ2) is 2.76. The molecule has 11 heavy (non-hydrogen) atoms. The molecule has 1 aliphatic heterocycles. The summed E-state index contributed by atoms with van der Waals surface area (Å²) < 4.78 is 0. The van der Waals surface area contributed by atoms with Crippen LogP contribution in [0.2, 0.25) is 0 Å². The van der Waals surface area contributed by atoms with E-state index in [1.807, 2.05) is 0 Å². The van der Waals surface area contributed by atoms with Crippen molar-refractivity contribution in [2.45, 2.75) is 50.2 Å². The Bertz CT molecular complexity index is 135. The van der Waals surface area contributed by atoms with Gasteiger partial charge in [0.2, 0.25) is 0 Å². The Morgan fingerprint density at radius 2 is 1.91 bits per heavy atom. The van der Waals surface area contributed by atoms with E-state index < -0.39 is 0 Å². The molecule has 64 valence electrons. The van der Waals surface area contributed by atoms with Gasteiger partial charge in [-0.05, 0) is 19.3 Å².